The van der Waals surface area contributed by atoms with Crippen LogP contribution >= 0.6 is 0 Å². The molecule has 2 amide bonds. The van der Waals surface area contributed by atoms with Gasteiger partial charge in [0.2, 0.25) is 11.8 Å². The second-order valence-corrected chi connectivity index (χ2v) is 6.49. The van der Waals surface area contributed by atoms with Crippen LogP contribution in [0.2, 0.25) is 0 Å². The van der Waals surface area contributed by atoms with Crippen LogP contribution in [-0.2, 0) is 9.59 Å². The van der Waals surface area contributed by atoms with Crippen LogP contribution in [0.4, 0.5) is 15.8 Å². The molecular weight excluding hydrogens is 333 g/mol. The number of hydrogen-bond donors (Lipinski definition) is 2. The number of nitrogens with zero attached hydrogens (tertiary/aromatic N) is 1. The Labute approximate surface area is 152 Å². The van der Waals surface area contributed by atoms with Crippen LogP contribution in [0, 0.1) is 11.7 Å². The van der Waals surface area contributed by atoms with E-state index in [9.17, 15) is 14.0 Å². The highest BCUT2D eigenvalue weighted by Crippen LogP contribution is 2.19. The predicted octanol–water partition coefficient (Wildman–Crippen LogP) is 3.11. The van der Waals surface area contributed by atoms with Gasteiger partial charge in [-0.2, -0.15) is 0 Å². The highest BCUT2D eigenvalue weighted by Gasteiger charge is 2.26. The number of hydrogen-bond acceptors (Lipinski definition) is 3. The third kappa shape index (κ3) is 5.13. The fourth-order valence-corrected chi connectivity index (χ4v) is 3.15. The van der Waals surface area contributed by atoms with Gasteiger partial charge in [0.25, 0.3) is 0 Å². The molecule has 1 fully saturated rings. The fraction of sp³-hybridized carbons (Fsp3) is 0.300. The summed E-state index contributed by atoms with van der Waals surface area (Å²) in [5, 5.41) is 5.62. The molecule has 0 spiro atoms. The first-order valence-electron chi connectivity index (χ1n) is 8.74. The van der Waals surface area contributed by atoms with Gasteiger partial charge in [0, 0.05) is 17.9 Å². The van der Waals surface area contributed by atoms with E-state index in [1.165, 1.54) is 12.1 Å². The topological polar surface area (TPSA) is 61.4 Å². The summed E-state index contributed by atoms with van der Waals surface area (Å²) in [5.74, 6) is -0.768. The van der Waals surface area contributed by atoms with Gasteiger partial charge in [0.1, 0.15) is 5.82 Å². The van der Waals surface area contributed by atoms with Crippen LogP contribution in [-0.4, -0.2) is 36.3 Å². The lowest BCUT2D eigenvalue weighted by molar-refractivity contribution is -0.123. The quantitative estimate of drug-likeness (QED) is 0.866. The lowest BCUT2D eigenvalue weighted by Gasteiger charge is -2.31. The Morgan fingerprint density at radius 1 is 1.04 bits per heavy atom. The monoisotopic (exact) mass is 355 g/mol. The fourth-order valence-electron chi connectivity index (χ4n) is 3.15. The molecule has 1 heterocycles. The molecule has 1 aliphatic heterocycles. The van der Waals surface area contributed by atoms with E-state index >= 15 is 0 Å². The molecule has 0 aliphatic carbocycles. The molecule has 136 valence electrons. The number of piperidine rings is 1. The standard InChI is InChI=1S/C20H22FN3O2/c21-16-7-4-10-18(12-16)22-19(25)14-24-11-5-6-15(13-24)20(26)23-17-8-2-1-3-9-17/h1-4,7-10,12,15H,5-6,11,13-14H2,(H,22,25)(H,23,26). The number of rotatable bonds is 5. The molecule has 1 atom stereocenters. The minimum absolute atomic E-state index is 0.0218. The van der Waals surface area contributed by atoms with Gasteiger partial charge in [-0.25, -0.2) is 4.39 Å². The molecule has 0 saturated carbocycles. The molecule has 26 heavy (non-hydrogen) atoms. The Bertz CT molecular complexity index is 767. The summed E-state index contributed by atoms with van der Waals surface area (Å²) in [5.41, 5.74) is 1.21. The second-order valence-electron chi connectivity index (χ2n) is 6.49. The van der Waals surface area contributed by atoms with Gasteiger partial charge >= 0.3 is 0 Å². The van der Waals surface area contributed by atoms with Gasteiger partial charge in [0.05, 0.1) is 12.5 Å². The van der Waals surface area contributed by atoms with Crippen molar-refractivity contribution < 1.29 is 14.0 Å². The molecule has 1 unspecified atom stereocenters. The van der Waals surface area contributed by atoms with Crippen LogP contribution in [0.15, 0.2) is 54.6 Å². The summed E-state index contributed by atoms with van der Waals surface area (Å²) in [6, 6.07) is 15.2. The third-order valence-corrected chi connectivity index (χ3v) is 4.39. The highest BCUT2D eigenvalue weighted by atomic mass is 19.1. The molecule has 0 bridgehead atoms. The Morgan fingerprint density at radius 2 is 1.81 bits per heavy atom. The van der Waals surface area contributed by atoms with E-state index < -0.39 is 5.82 Å². The van der Waals surface area contributed by atoms with Crippen molar-refractivity contribution in [2.24, 2.45) is 5.92 Å². The Kier molecular flexibility index (Phi) is 5.96. The van der Waals surface area contributed by atoms with Crippen molar-refractivity contribution in [3.63, 3.8) is 0 Å². The Morgan fingerprint density at radius 3 is 2.58 bits per heavy atom. The molecule has 6 heteroatoms. The molecule has 0 radical (unpaired) electrons. The number of nitrogens with one attached hydrogen (secondary N) is 2. The number of para-hydroxylation sites is 1. The zero-order valence-corrected chi connectivity index (χ0v) is 14.5. The van der Waals surface area contributed by atoms with Gasteiger partial charge in [-0.1, -0.05) is 24.3 Å². The van der Waals surface area contributed by atoms with Gasteiger partial charge in [-0.15, -0.1) is 0 Å². The van der Waals surface area contributed by atoms with Gasteiger partial charge in [-0.3, -0.25) is 14.5 Å². The summed E-state index contributed by atoms with van der Waals surface area (Å²) < 4.78 is 13.2. The van der Waals surface area contributed by atoms with Crippen LogP contribution in [0.1, 0.15) is 12.8 Å². The number of benzene rings is 2. The normalized spacial score (nSPS) is 17.5. The number of amides is 2. The first-order valence-corrected chi connectivity index (χ1v) is 8.74. The van der Waals surface area contributed by atoms with E-state index in [-0.39, 0.29) is 24.3 Å². The summed E-state index contributed by atoms with van der Waals surface area (Å²) in [4.78, 5) is 26.6. The maximum atomic E-state index is 13.2. The molecular formula is C20H22FN3O2. The summed E-state index contributed by atoms with van der Waals surface area (Å²) in [6.07, 6.45) is 1.67. The van der Waals surface area contributed by atoms with Crippen LogP contribution in [0.3, 0.4) is 0 Å². The van der Waals surface area contributed by atoms with Crippen molar-refractivity contribution in [1.82, 2.24) is 4.90 Å². The minimum Gasteiger partial charge on any atom is -0.326 e. The number of likely N-dealkylation sites (tertiary alicyclic amines) is 1. The number of carbonyl (C=O) groups is 2. The maximum absolute atomic E-state index is 13.2. The zero-order valence-electron chi connectivity index (χ0n) is 14.5. The minimum atomic E-state index is -0.390. The van der Waals surface area contributed by atoms with Crippen molar-refractivity contribution in [2.75, 3.05) is 30.3 Å². The van der Waals surface area contributed by atoms with E-state index in [4.69, 9.17) is 0 Å². The predicted molar refractivity (Wildman–Crippen MR) is 99.3 cm³/mol. The summed E-state index contributed by atoms with van der Waals surface area (Å²) >= 11 is 0. The van der Waals surface area contributed by atoms with Gasteiger partial charge in [-0.05, 0) is 49.7 Å². The number of halogens is 1. The molecule has 2 N–H and O–H groups in total. The van der Waals surface area contributed by atoms with Crippen molar-refractivity contribution in [3.05, 3.63) is 60.4 Å². The van der Waals surface area contributed by atoms with Crippen LogP contribution in [0.5, 0.6) is 0 Å². The van der Waals surface area contributed by atoms with E-state index in [1.807, 2.05) is 35.2 Å². The van der Waals surface area contributed by atoms with E-state index in [1.54, 1.807) is 12.1 Å². The third-order valence-electron chi connectivity index (χ3n) is 4.39. The molecule has 0 aromatic heterocycles. The molecule has 2 aromatic rings. The van der Waals surface area contributed by atoms with E-state index in [0.29, 0.717) is 12.2 Å². The van der Waals surface area contributed by atoms with Gasteiger partial charge in [0.15, 0.2) is 0 Å². The molecule has 2 aromatic carbocycles. The maximum Gasteiger partial charge on any atom is 0.238 e. The first kappa shape index (κ1) is 18.1. The molecule has 3 rings (SSSR count). The lowest BCUT2D eigenvalue weighted by Crippen LogP contribution is -2.43. The smallest absolute Gasteiger partial charge is 0.238 e. The van der Waals surface area contributed by atoms with Crippen molar-refractivity contribution in [2.45, 2.75) is 12.8 Å². The van der Waals surface area contributed by atoms with Gasteiger partial charge < -0.3 is 10.6 Å². The van der Waals surface area contributed by atoms with Crippen molar-refractivity contribution in [1.29, 1.82) is 0 Å². The second kappa shape index (κ2) is 8.58. The number of carbonyl (C=O) groups excluding carboxylic acids is 2. The SMILES string of the molecule is O=C(CN1CCCC(C(=O)Nc2ccccc2)C1)Nc1cccc(F)c1. The zero-order chi connectivity index (χ0) is 18.4. The molecule has 1 saturated heterocycles. The Hall–Kier alpha value is -2.73. The van der Waals surface area contributed by atoms with Crippen LogP contribution < -0.4 is 10.6 Å². The summed E-state index contributed by atoms with van der Waals surface area (Å²) in [7, 11) is 0. The number of anilines is 2. The molecule has 1 aliphatic rings. The summed E-state index contributed by atoms with van der Waals surface area (Å²) in [6.45, 7) is 1.49. The van der Waals surface area contributed by atoms with Crippen LogP contribution in [0.25, 0.3) is 0 Å². The van der Waals surface area contributed by atoms with Crippen molar-refractivity contribution in [3.8, 4) is 0 Å². The highest BCUT2D eigenvalue weighted by molar-refractivity contribution is 5.93. The largest absolute Gasteiger partial charge is 0.326 e. The van der Waals surface area contributed by atoms with E-state index in [0.717, 1.165) is 25.1 Å². The molecule has 5 nitrogen and oxygen atoms in total. The lowest BCUT2D eigenvalue weighted by atomic mass is 9.97. The first-order chi connectivity index (χ1) is 12.6. The Balaban J connectivity index is 1.51. The average Bonchev–Trinajstić information content (AvgIpc) is 2.62. The average molecular weight is 355 g/mol. The van der Waals surface area contributed by atoms with Crippen molar-refractivity contribution >= 4 is 23.2 Å². The van der Waals surface area contributed by atoms with E-state index in [2.05, 4.69) is 10.6 Å².